The van der Waals surface area contributed by atoms with Crippen molar-refractivity contribution >= 4 is 0 Å². The number of aryl methyl sites for hydroxylation is 3. The predicted octanol–water partition coefficient (Wildman–Crippen LogP) is 4.41. The molecule has 0 aliphatic rings. The van der Waals surface area contributed by atoms with E-state index in [4.69, 9.17) is 9.47 Å². The summed E-state index contributed by atoms with van der Waals surface area (Å²) in [5, 5.41) is 21.3. The van der Waals surface area contributed by atoms with E-state index >= 15 is 0 Å². The molecule has 2 N–H and O–H groups in total. The summed E-state index contributed by atoms with van der Waals surface area (Å²) >= 11 is 0. The number of nitrogens with zero attached hydrogens (tertiary/aromatic N) is 2. The van der Waals surface area contributed by atoms with Crippen LogP contribution in [-0.4, -0.2) is 44.8 Å². The van der Waals surface area contributed by atoms with Gasteiger partial charge in [-0.05, 0) is 66.0 Å². The van der Waals surface area contributed by atoms with Gasteiger partial charge in [-0.1, -0.05) is 65.8 Å². The minimum absolute atomic E-state index is 0.00561. The normalized spacial score (nSPS) is 13.6. The molecule has 0 aliphatic carbocycles. The maximum atomic E-state index is 13.2. The number of aliphatic hydroxyl groups excluding tert-OH is 2. The largest absolute Gasteiger partial charge is 0.491 e. The minimum atomic E-state index is -1.09. The summed E-state index contributed by atoms with van der Waals surface area (Å²) in [6, 6.07) is 13.2. The minimum Gasteiger partial charge on any atom is -0.491 e. The lowest BCUT2D eigenvalue weighted by molar-refractivity contribution is 0.0836. The molecule has 1 heterocycles. The van der Waals surface area contributed by atoms with Crippen LogP contribution in [0.4, 0.5) is 0 Å². The van der Waals surface area contributed by atoms with Crippen molar-refractivity contribution in [2.45, 2.75) is 98.4 Å². The van der Waals surface area contributed by atoms with E-state index in [1.54, 1.807) is 6.92 Å². The van der Waals surface area contributed by atoms with Gasteiger partial charge in [-0.25, -0.2) is 4.79 Å². The van der Waals surface area contributed by atoms with Crippen LogP contribution < -0.4 is 20.7 Å². The van der Waals surface area contributed by atoms with Crippen LogP contribution in [0.1, 0.15) is 69.5 Å². The molecule has 3 aromatic rings. The first-order chi connectivity index (χ1) is 19.0. The van der Waals surface area contributed by atoms with E-state index in [9.17, 15) is 19.8 Å². The van der Waals surface area contributed by atoms with Crippen molar-refractivity contribution in [2.24, 2.45) is 0 Å². The van der Waals surface area contributed by atoms with Crippen LogP contribution in [0.25, 0.3) is 0 Å². The van der Waals surface area contributed by atoms with E-state index in [-0.39, 0.29) is 37.1 Å². The second-order valence-corrected chi connectivity index (χ2v) is 13.0. The molecule has 2 aromatic carbocycles. The third kappa shape index (κ3) is 8.33. The number of aliphatic hydroxyl groups is 2. The molecule has 0 spiro atoms. The summed E-state index contributed by atoms with van der Waals surface area (Å²) in [5.74, 6) is 1.30. The maximum absolute atomic E-state index is 13.2. The highest BCUT2D eigenvalue weighted by Gasteiger charge is 2.19. The Hall–Kier alpha value is -3.36. The van der Waals surface area contributed by atoms with Crippen molar-refractivity contribution in [1.82, 2.24) is 9.13 Å². The fourth-order valence-corrected chi connectivity index (χ4v) is 4.57. The standard InChI is InChI=1S/C33H46N2O6/c1-21-14-24(32(4,5)6)10-12-28(21)40-19-26(36)17-34-23(3)16-30(38)35(31(34)39)18-27(37)20-41-29-13-11-25(15-22(29)2)33(7,8)9/h10-16,26-27,36-37H,17-20H2,1-9H3. The van der Waals surface area contributed by atoms with Crippen molar-refractivity contribution in [3.05, 3.63) is 91.3 Å². The van der Waals surface area contributed by atoms with Gasteiger partial charge in [-0.3, -0.25) is 13.9 Å². The average molecular weight is 567 g/mol. The molecule has 0 radical (unpaired) electrons. The number of hydrogen-bond donors (Lipinski definition) is 2. The lowest BCUT2D eigenvalue weighted by Crippen LogP contribution is -2.45. The Morgan fingerprint density at radius 1 is 0.683 bits per heavy atom. The predicted molar refractivity (Wildman–Crippen MR) is 162 cm³/mol. The van der Waals surface area contributed by atoms with Gasteiger partial charge in [0, 0.05) is 11.8 Å². The van der Waals surface area contributed by atoms with Crippen LogP contribution in [0.5, 0.6) is 11.5 Å². The topological polar surface area (TPSA) is 103 Å². The van der Waals surface area contributed by atoms with E-state index in [1.807, 2.05) is 38.1 Å². The summed E-state index contributed by atoms with van der Waals surface area (Å²) in [5.41, 5.74) is 3.58. The smallest absolute Gasteiger partial charge is 0.331 e. The first-order valence-corrected chi connectivity index (χ1v) is 14.1. The second-order valence-electron chi connectivity index (χ2n) is 13.0. The molecule has 2 unspecified atom stereocenters. The van der Waals surface area contributed by atoms with Crippen LogP contribution in [0.2, 0.25) is 0 Å². The molecule has 2 atom stereocenters. The van der Waals surface area contributed by atoms with Crippen LogP contribution in [0.15, 0.2) is 52.1 Å². The summed E-state index contributed by atoms with van der Waals surface area (Å²) in [6.45, 7) is 18.0. The SMILES string of the molecule is Cc1cc(C(C)(C)C)ccc1OCC(O)Cn1c(C)cc(=O)n(CC(O)COc2ccc(C(C)(C)C)cc2C)c1=O. The highest BCUT2D eigenvalue weighted by atomic mass is 16.5. The van der Waals surface area contributed by atoms with Crippen LogP contribution >= 0.6 is 0 Å². The van der Waals surface area contributed by atoms with Gasteiger partial charge in [-0.15, -0.1) is 0 Å². The first kappa shape index (κ1) is 32.2. The van der Waals surface area contributed by atoms with Crippen LogP contribution in [0.3, 0.4) is 0 Å². The monoisotopic (exact) mass is 566 g/mol. The molecule has 1 aromatic heterocycles. The third-order valence-corrected chi connectivity index (χ3v) is 7.22. The number of hydrogen-bond acceptors (Lipinski definition) is 6. The van der Waals surface area contributed by atoms with E-state index in [0.717, 1.165) is 15.7 Å². The summed E-state index contributed by atoms with van der Waals surface area (Å²) in [6.07, 6.45) is -2.09. The molecule has 0 saturated heterocycles. The Balaban J connectivity index is 1.66. The summed E-state index contributed by atoms with van der Waals surface area (Å²) < 4.78 is 14.0. The quantitative estimate of drug-likeness (QED) is 0.377. The van der Waals surface area contributed by atoms with Crippen molar-refractivity contribution in [3.8, 4) is 11.5 Å². The zero-order chi connectivity index (χ0) is 30.7. The van der Waals surface area contributed by atoms with Crippen molar-refractivity contribution in [2.75, 3.05) is 13.2 Å². The zero-order valence-corrected chi connectivity index (χ0v) is 25.9. The molecule has 0 bridgehead atoms. The summed E-state index contributed by atoms with van der Waals surface area (Å²) in [4.78, 5) is 25.9. The Labute approximate surface area is 243 Å². The highest BCUT2D eigenvalue weighted by Crippen LogP contribution is 2.28. The fraction of sp³-hybridized carbons (Fsp3) is 0.515. The third-order valence-electron chi connectivity index (χ3n) is 7.22. The molecule has 41 heavy (non-hydrogen) atoms. The zero-order valence-electron chi connectivity index (χ0n) is 25.9. The Kier molecular flexibility index (Phi) is 9.93. The maximum Gasteiger partial charge on any atom is 0.331 e. The Bertz CT molecular complexity index is 1470. The average Bonchev–Trinajstić information content (AvgIpc) is 2.86. The number of ether oxygens (including phenoxy) is 2. The van der Waals surface area contributed by atoms with Gasteiger partial charge >= 0.3 is 5.69 Å². The van der Waals surface area contributed by atoms with Gasteiger partial charge in [0.2, 0.25) is 0 Å². The van der Waals surface area contributed by atoms with Gasteiger partial charge in [0.25, 0.3) is 5.56 Å². The molecule has 0 aliphatic heterocycles. The number of rotatable bonds is 10. The summed E-state index contributed by atoms with van der Waals surface area (Å²) in [7, 11) is 0. The number of aromatic nitrogens is 2. The van der Waals surface area contributed by atoms with Crippen molar-refractivity contribution in [3.63, 3.8) is 0 Å². The van der Waals surface area contributed by atoms with E-state index in [2.05, 4.69) is 53.7 Å². The molecule has 0 amide bonds. The lowest BCUT2D eigenvalue weighted by atomic mass is 9.86. The number of benzene rings is 2. The second kappa shape index (κ2) is 12.7. The Morgan fingerprint density at radius 2 is 1.10 bits per heavy atom. The highest BCUT2D eigenvalue weighted by molar-refractivity contribution is 5.39. The molecule has 3 rings (SSSR count). The van der Waals surface area contributed by atoms with Gasteiger partial charge in [0.05, 0.1) is 13.1 Å². The molecule has 0 saturated carbocycles. The lowest BCUT2D eigenvalue weighted by Gasteiger charge is -2.22. The van der Waals surface area contributed by atoms with Crippen molar-refractivity contribution < 1.29 is 19.7 Å². The van der Waals surface area contributed by atoms with Gasteiger partial charge < -0.3 is 19.7 Å². The molecule has 0 fully saturated rings. The van der Waals surface area contributed by atoms with E-state index < -0.39 is 23.5 Å². The van der Waals surface area contributed by atoms with Gasteiger partial charge in [0.1, 0.15) is 36.9 Å². The first-order valence-electron chi connectivity index (χ1n) is 14.1. The van der Waals surface area contributed by atoms with Crippen LogP contribution in [0, 0.1) is 20.8 Å². The molecule has 8 nitrogen and oxygen atoms in total. The van der Waals surface area contributed by atoms with Crippen molar-refractivity contribution in [1.29, 1.82) is 0 Å². The van der Waals surface area contributed by atoms with E-state index in [1.165, 1.54) is 21.8 Å². The van der Waals surface area contributed by atoms with E-state index in [0.29, 0.717) is 17.2 Å². The molecular weight excluding hydrogens is 520 g/mol. The molecule has 224 valence electrons. The molecule has 8 heteroatoms. The van der Waals surface area contributed by atoms with Gasteiger partial charge in [-0.2, -0.15) is 0 Å². The fourth-order valence-electron chi connectivity index (χ4n) is 4.57. The van der Waals surface area contributed by atoms with Gasteiger partial charge in [0.15, 0.2) is 0 Å². The van der Waals surface area contributed by atoms with Crippen LogP contribution in [-0.2, 0) is 23.9 Å². The Morgan fingerprint density at radius 3 is 1.49 bits per heavy atom. The molecular formula is C33H46N2O6.